The van der Waals surface area contributed by atoms with Crippen molar-refractivity contribution in [3.63, 3.8) is 0 Å². The summed E-state index contributed by atoms with van der Waals surface area (Å²) in [6, 6.07) is 9.09. The molecule has 0 aliphatic heterocycles. The molecule has 0 saturated heterocycles. The van der Waals surface area contributed by atoms with Crippen molar-refractivity contribution in [2.24, 2.45) is 0 Å². The Morgan fingerprint density at radius 2 is 2.17 bits per heavy atom. The van der Waals surface area contributed by atoms with Gasteiger partial charge in [-0.3, -0.25) is 4.79 Å². The number of fused-ring (bicyclic) bond motifs is 1. The molecule has 0 bridgehead atoms. The van der Waals surface area contributed by atoms with E-state index < -0.39 is 0 Å². The second-order valence-corrected chi connectivity index (χ2v) is 6.32. The highest BCUT2D eigenvalue weighted by molar-refractivity contribution is 7.97. The van der Waals surface area contributed by atoms with Crippen molar-refractivity contribution in [1.82, 2.24) is 15.0 Å². The Balaban J connectivity index is 1.82. The molecule has 0 spiro atoms. The number of benzene rings is 1. The Kier molecular flexibility index (Phi) is 4.83. The number of hydrogen-bond donors (Lipinski definition) is 2. The Morgan fingerprint density at radius 1 is 1.30 bits per heavy atom. The van der Waals surface area contributed by atoms with Crippen LogP contribution >= 0.6 is 23.4 Å². The van der Waals surface area contributed by atoms with Crippen molar-refractivity contribution in [2.75, 3.05) is 11.6 Å². The van der Waals surface area contributed by atoms with Gasteiger partial charge in [-0.1, -0.05) is 11.6 Å². The van der Waals surface area contributed by atoms with E-state index in [4.69, 9.17) is 11.6 Å². The van der Waals surface area contributed by atoms with Crippen LogP contribution in [0.15, 0.2) is 41.3 Å². The smallest absolute Gasteiger partial charge is 0.253 e. The lowest BCUT2D eigenvalue weighted by Crippen LogP contribution is -2.16. The summed E-state index contributed by atoms with van der Waals surface area (Å²) >= 11 is 7.70. The van der Waals surface area contributed by atoms with Gasteiger partial charge in [-0.25, -0.2) is 9.97 Å². The summed E-state index contributed by atoms with van der Waals surface area (Å²) in [5, 5.41) is 4.63. The number of nitrogens with zero attached hydrogens (tertiary/aromatic N) is 2. The number of aromatic amines is 1. The van der Waals surface area contributed by atoms with Gasteiger partial charge in [0.05, 0.1) is 5.69 Å². The number of thioether (sulfide) groups is 1. The van der Waals surface area contributed by atoms with Crippen LogP contribution in [0.4, 0.5) is 5.95 Å². The third-order valence-electron chi connectivity index (χ3n) is 3.33. The lowest BCUT2D eigenvalue weighted by molar-refractivity contribution is 1.01. The van der Waals surface area contributed by atoms with E-state index in [1.807, 2.05) is 24.5 Å². The Hall–Kier alpha value is -2.05. The van der Waals surface area contributed by atoms with Crippen LogP contribution in [0.3, 0.4) is 0 Å². The van der Waals surface area contributed by atoms with E-state index in [0.29, 0.717) is 23.1 Å². The van der Waals surface area contributed by atoms with Crippen molar-refractivity contribution in [3.8, 4) is 0 Å². The highest BCUT2D eigenvalue weighted by atomic mass is 35.5. The number of rotatable bonds is 5. The SMILES string of the molecule is CSCc1ccnc(NCc2cc3cc(Cl)ccc3[nH]c2=O)n1. The van der Waals surface area contributed by atoms with E-state index in [2.05, 4.69) is 20.3 Å². The molecule has 0 aliphatic carbocycles. The first-order valence-corrected chi connectivity index (χ1v) is 8.79. The molecule has 5 nitrogen and oxygen atoms in total. The zero-order chi connectivity index (χ0) is 16.2. The number of pyridine rings is 1. The predicted octanol–water partition coefficient (Wildman–Crippen LogP) is 3.45. The van der Waals surface area contributed by atoms with E-state index in [0.717, 1.165) is 22.3 Å². The normalized spacial score (nSPS) is 10.9. The van der Waals surface area contributed by atoms with Gasteiger partial charge in [0.15, 0.2) is 0 Å². The predicted molar refractivity (Wildman–Crippen MR) is 96.2 cm³/mol. The Labute approximate surface area is 142 Å². The topological polar surface area (TPSA) is 70.7 Å². The largest absolute Gasteiger partial charge is 0.350 e. The van der Waals surface area contributed by atoms with Gasteiger partial charge in [-0.2, -0.15) is 11.8 Å². The van der Waals surface area contributed by atoms with Gasteiger partial charge in [0, 0.05) is 40.0 Å². The number of aromatic nitrogens is 3. The monoisotopic (exact) mass is 346 g/mol. The van der Waals surface area contributed by atoms with E-state index >= 15 is 0 Å². The molecular formula is C16H15ClN4OS. The number of halogens is 1. The van der Waals surface area contributed by atoms with Gasteiger partial charge in [0.1, 0.15) is 0 Å². The molecule has 0 saturated carbocycles. The first-order chi connectivity index (χ1) is 11.2. The lowest BCUT2D eigenvalue weighted by Gasteiger charge is -2.07. The molecule has 3 rings (SSSR count). The van der Waals surface area contributed by atoms with Gasteiger partial charge in [0.25, 0.3) is 5.56 Å². The number of hydrogen-bond acceptors (Lipinski definition) is 5. The van der Waals surface area contributed by atoms with E-state index in [-0.39, 0.29) is 5.56 Å². The zero-order valence-corrected chi connectivity index (χ0v) is 14.0. The molecule has 0 aliphatic rings. The molecule has 2 heterocycles. The van der Waals surface area contributed by atoms with Gasteiger partial charge < -0.3 is 10.3 Å². The minimum Gasteiger partial charge on any atom is -0.350 e. The molecule has 0 fully saturated rings. The van der Waals surface area contributed by atoms with Crippen LogP contribution in [0.5, 0.6) is 0 Å². The second kappa shape index (κ2) is 7.02. The second-order valence-electron chi connectivity index (χ2n) is 5.01. The lowest BCUT2D eigenvalue weighted by atomic mass is 10.1. The minimum atomic E-state index is -0.132. The molecule has 2 N–H and O–H groups in total. The van der Waals surface area contributed by atoms with E-state index in [1.54, 1.807) is 30.1 Å². The van der Waals surface area contributed by atoms with Crippen molar-refractivity contribution in [1.29, 1.82) is 0 Å². The van der Waals surface area contributed by atoms with Gasteiger partial charge in [-0.05, 0) is 36.6 Å². The Morgan fingerprint density at radius 3 is 3.00 bits per heavy atom. The summed E-state index contributed by atoms with van der Waals surface area (Å²) in [5.74, 6) is 1.34. The van der Waals surface area contributed by atoms with Crippen LogP contribution < -0.4 is 10.9 Å². The van der Waals surface area contributed by atoms with Crippen LogP contribution in [0.25, 0.3) is 10.9 Å². The van der Waals surface area contributed by atoms with Gasteiger partial charge >= 0.3 is 0 Å². The Bertz CT molecular complexity index is 897. The van der Waals surface area contributed by atoms with Crippen molar-refractivity contribution in [2.45, 2.75) is 12.3 Å². The van der Waals surface area contributed by atoms with E-state index in [1.165, 1.54) is 0 Å². The van der Waals surface area contributed by atoms with Gasteiger partial charge in [0.2, 0.25) is 5.95 Å². The maximum atomic E-state index is 12.1. The van der Waals surface area contributed by atoms with Crippen LogP contribution in [0.2, 0.25) is 5.02 Å². The zero-order valence-electron chi connectivity index (χ0n) is 12.5. The summed E-state index contributed by atoms with van der Waals surface area (Å²) < 4.78 is 0. The third-order valence-corrected chi connectivity index (χ3v) is 4.15. The first-order valence-electron chi connectivity index (χ1n) is 7.02. The maximum Gasteiger partial charge on any atom is 0.253 e. The minimum absolute atomic E-state index is 0.132. The molecular weight excluding hydrogens is 332 g/mol. The fourth-order valence-corrected chi connectivity index (χ4v) is 2.87. The van der Waals surface area contributed by atoms with Crippen LogP contribution in [0.1, 0.15) is 11.3 Å². The summed E-state index contributed by atoms with van der Waals surface area (Å²) in [5.41, 5.74) is 2.20. The fourth-order valence-electron chi connectivity index (χ4n) is 2.24. The van der Waals surface area contributed by atoms with Crippen LogP contribution in [-0.4, -0.2) is 21.2 Å². The fraction of sp³-hybridized carbons (Fsp3) is 0.188. The summed E-state index contributed by atoms with van der Waals surface area (Å²) in [6.45, 7) is 0.348. The molecule has 3 aromatic rings. The molecule has 0 unspecified atom stereocenters. The quantitative estimate of drug-likeness (QED) is 0.740. The standard InChI is InChI=1S/C16H15ClN4OS/c1-23-9-13-4-5-18-16(20-13)19-8-11-6-10-7-12(17)2-3-14(10)21-15(11)22/h2-7H,8-9H2,1H3,(H,21,22)(H,18,19,20). The molecule has 0 atom stereocenters. The van der Waals surface area contributed by atoms with Crippen LogP contribution in [0, 0.1) is 0 Å². The third kappa shape index (κ3) is 3.83. The molecule has 0 radical (unpaired) electrons. The number of anilines is 1. The molecule has 0 amide bonds. The highest BCUT2D eigenvalue weighted by Gasteiger charge is 2.05. The van der Waals surface area contributed by atoms with Crippen molar-refractivity contribution in [3.05, 3.63) is 63.2 Å². The van der Waals surface area contributed by atoms with Crippen molar-refractivity contribution < 1.29 is 0 Å². The summed E-state index contributed by atoms with van der Waals surface area (Å²) in [6.07, 6.45) is 3.74. The van der Waals surface area contributed by atoms with Crippen LogP contribution in [-0.2, 0) is 12.3 Å². The molecule has 118 valence electrons. The van der Waals surface area contributed by atoms with Gasteiger partial charge in [-0.15, -0.1) is 0 Å². The average Bonchev–Trinajstić information content (AvgIpc) is 2.54. The highest BCUT2D eigenvalue weighted by Crippen LogP contribution is 2.17. The maximum absolute atomic E-state index is 12.1. The summed E-state index contributed by atoms with van der Waals surface area (Å²) in [7, 11) is 0. The molecule has 7 heteroatoms. The molecule has 23 heavy (non-hydrogen) atoms. The molecule has 1 aromatic carbocycles. The molecule has 2 aromatic heterocycles. The summed E-state index contributed by atoms with van der Waals surface area (Å²) in [4.78, 5) is 23.6. The number of nitrogens with one attached hydrogen (secondary N) is 2. The average molecular weight is 347 g/mol. The van der Waals surface area contributed by atoms with Crippen molar-refractivity contribution >= 4 is 40.2 Å². The number of H-pyrrole nitrogens is 1. The first kappa shape index (κ1) is 15.8. The van der Waals surface area contributed by atoms with E-state index in [9.17, 15) is 4.79 Å².